The Morgan fingerprint density at radius 1 is 1.10 bits per heavy atom. The summed E-state index contributed by atoms with van der Waals surface area (Å²) in [6.45, 7) is 7.37. The number of hydrogen-bond donors (Lipinski definition) is 2. The lowest BCUT2D eigenvalue weighted by Crippen LogP contribution is -2.44. The minimum Gasteiger partial charge on any atom is -0.377 e. The predicted molar refractivity (Wildman–Crippen MR) is 161 cm³/mol. The molecule has 0 unspecified atom stereocenters. The van der Waals surface area contributed by atoms with Gasteiger partial charge in [-0.15, -0.1) is 11.3 Å². The van der Waals surface area contributed by atoms with Crippen LogP contribution in [0.1, 0.15) is 36.2 Å². The van der Waals surface area contributed by atoms with E-state index in [4.69, 9.17) is 14.7 Å². The molecule has 1 aromatic carbocycles. The molecule has 1 aliphatic carbocycles. The average molecular weight is 609 g/mol. The summed E-state index contributed by atoms with van der Waals surface area (Å²) in [5, 5.41) is 10.3. The first-order valence-corrected chi connectivity index (χ1v) is 16.0. The molecular weight excluding hydrogens is 576 g/mol. The predicted octanol–water partition coefficient (Wildman–Crippen LogP) is 4.28. The van der Waals surface area contributed by atoms with E-state index >= 15 is 0 Å². The molecule has 2 amide bonds. The molecule has 14 heteroatoms. The lowest BCUT2D eigenvalue weighted by atomic mass is 10.1. The molecule has 1 atom stereocenters. The third kappa shape index (κ3) is 5.25. The zero-order chi connectivity index (χ0) is 29.6. The standard InChI is InChI=1S/C28H32N8O4S2/c1-17-16-40-12-11-36(17)24-13-23(28(9-10-28)42(38,39)26-18(2)30-19(3)41-26)33-25(34-24)20-5-7-21(8-6-20)31-27(37)32-22-14-29-35(4)15-22/h5-8,13-15,17H,9-12,16H2,1-4H3,(H2,31,32,37)/t17-/m0/s1. The molecule has 0 spiro atoms. The van der Waals surface area contributed by atoms with Crippen LogP contribution in [0.2, 0.25) is 0 Å². The number of morpholine rings is 1. The molecule has 6 rings (SSSR count). The van der Waals surface area contributed by atoms with Crippen LogP contribution in [0.4, 0.5) is 22.0 Å². The molecule has 3 aromatic heterocycles. The molecular formula is C28H32N8O4S2. The minimum absolute atomic E-state index is 0.0670. The molecule has 0 radical (unpaired) electrons. The fraction of sp³-hybridized carbons (Fsp3) is 0.393. The Kier molecular flexibility index (Phi) is 7.23. The van der Waals surface area contributed by atoms with Gasteiger partial charge in [0.1, 0.15) is 14.8 Å². The van der Waals surface area contributed by atoms with Crippen molar-refractivity contribution in [3.63, 3.8) is 0 Å². The average Bonchev–Trinajstić information content (AvgIpc) is 3.58. The number of carbonyl (C=O) groups excluding carboxylic acids is 1. The molecule has 12 nitrogen and oxygen atoms in total. The Balaban J connectivity index is 1.34. The monoisotopic (exact) mass is 608 g/mol. The van der Waals surface area contributed by atoms with Crippen molar-refractivity contribution < 1.29 is 17.9 Å². The maximum Gasteiger partial charge on any atom is 0.323 e. The van der Waals surface area contributed by atoms with E-state index in [1.54, 1.807) is 43.2 Å². The van der Waals surface area contributed by atoms with Gasteiger partial charge in [0.25, 0.3) is 0 Å². The van der Waals surface area contributed by atoms with Crippen LogP contribution in [-0.2, 0) is 26.4 Å². The number of benzene rings is 1. The fourth-order valence-corrected chi connectivity index (χ4v) is 8.94. The number of thiazole rings is 1. The van der Waals surface area contributed by atoms with Crippen molar-refractivity contribution in [1.29, 1.82) is 0 Å². The SMILES string of the molecule is Cc1nc(C)c(S(=O)(=O)C2(c3cc(N4CCOC[C@@H]4C)nc(-c4ccc(NC(=O)Nc5cnn(C)c5)cc4)n3)CC2)s1. The van der Waals surface area contributed by atoms with Gasteiger partial charge in [0.15, 0.2) is 5.82 Å². The highest BCUT2D eigenvalue weighted by Crippen LogP contribution is 2.56. The van der Waals surface area contributed by atoms with Crippen molar-refractivity contribution in [3.8, 4) is 11.4 Å². The van der Waals surface area contributed by atoms with E-state index in [1.165, 1.54) is 11.3 Å². The number of rotatable bonds is 7. The molecule has 0 bridgehead atoms. The summed E-state index contributed by atoms with van der Waals surface area (Å²) in [4.78, 5) is 28.7. The van der Waals surface area contributed by atoms with E-state index < -0.39 is 20.6 Å². The number of nitrogens with one attached hydrogen (secondary N) is 2. The molecule has 1 aliphatic heterocycles. The molecule has 1 saturated heterocycles. The van der Waals surface area contributed by atoms with Crippen LogP contribution in [0.25, 0.3) is 11.4 Å². The quantitative estimate of drug-likeness (QED) is 0.314. The van der Waals surface area contributed by atoms with Crippen molar-refractivity contribution in [2.24, 2.45) is 7.05 Å². The van der Waals surface area contributed by atoms with Crippen LogP contribution in [0.3, 0.4) is 0 Å². The second kappa shape index (κ2) is 10.7. The van der Waals surface area contributed by atoms with Crippen molar-refractivity contribution in [2.45, 2.75) is 48.6 Å². The molecule has 2 N–H and O–H groups in total. The van der Waals surface area contributed by atoms with E-state index in [0.29, 0.717) is 76.8 Å². The maximum absolute atomic E-state index is 14.1. The molecule has 2 fully saturated rings. The maximum atomic E-state index is 14.1. The van der Waals surface area contributed by atoms with Crippen molar-refractivity contribution in [3.05, 3.63) is 59.1 Å². The summed E-state index contributed by atoms with van der Waals surface area (Å²) in [5.41, 5.74) is 2.88. The summed E-state index contributed by atoms with van der Waals surface area (Å²) in [5.74, 6) is 1.09. The number of carbonyl (C=O) groups is 1. The number of sulfone groups is 1. The van der Waals surface area contributed by atoms with Crippen LogP contribution >= 0.6 is 11.3 Å². The van der Waals surface area contributed by atoms with Crippen molar-refractivity contribution >= 4 is 44.4 Å². The highest BCUT2D eigenvalue weighted by molar-refractivity contribution is 7.94. The molecule has 2 aliphatic rings. The second-order valence-electron chi connectivity index (χ2n) is 10.7. The zero-order valence-electron chi connectivity index (χ0n) is 23.8. The molecule has 4 heterocycles. The van der Waals surface area contributed by atoms with Crippen LogP contribution in [0, 0.1) is 13.8 Å². The van der Waals surface area contributed by atoms with Crippen LogP contribution in [0.15, 0.2) is 46.9 Å². The van der Waals surface area contributed by atoms with Gasteiger partial charge in [-0.25, -0.2) is 28.2 Å². The highest BCUT2D eigenvalue weighted by Gasteiger charge is 2.59. The third-order valence-electron chi connectivity index (χ3n) is 7.53. The first-order valence-electron chi connectivity index (χ1n) is 13.7. The van der Waals surface area contributed by atoms with Gasteiger partial charge in [0, 0.05) is 37.1 Å². The van der Waals surface area contributed by atoms with Gasteiger partial charge >= 0.3 is 6.03 Å². The summed E-state index contributed by atoms with van der Waals surface area (Å²) in [7, 11) is -1.96. The molecule has 220 valence electrons. The van der Waals surface area contributed by atoms with Crippen molar-refractivity contribution in [2.75, 3.05) is 35.3 Å². The number of nitrogens with zero attached hydrogens (tertiary/aromatic N) is 6. The summed E-state index contributed by atoms with van der Waals surface area (Å²) < 4.78 is 34.5. The summed E-state index contributed by atoms with van der Waals surface area (Å²) in [6, 6.07) is 8.66. The normalized spacial score (nSPS) is 18.1. The Labute approximate surface area is 248 Å². The Bertz CT molecular complexity index is 1750. The number of urea groups is 1. The number of aromatic nitrogens is 5. The molecule has 4 aromatic rings. The largest absolute Gasteiger partial charge is 0.377 e. The topological polar surface area (TPSA) is 144 Å². The van der Waals surface area contributed by atoms with Crippen LogP contribution < -0.4 is 15.5 Å². The molecule has 1 saturated carbocycles. The van der Waals surface area contributed by atoms with Gasteiger partial charge in [0.2, 0.25) is 9.84 Å². The first-order chi connectivity index (χ1) is 20.1. The van der Waals surface area contributed by atoms with Crippen molar-refractivity contribution in [1.82, 2.24) is 24.7 Å². The molecule has 42 heavy (non-hydrogen) atoms. The lowest BCUT2D eigenvalue weighted by molar-refractivity contribution is 0.0985. The van der Waals surface area contributed by atoms with E-state index in [1.807, 2.05) is 25.1 Å². The highest BCUT2D eigenvalue weighted by atomic mass is 32.2. The summed E-state index contributed by atoms with van der Waals surface area (Å²) in [6.07, 6.45) is 4.22. The number of hydrogen-bond acceptors (Lipinski definition) is 10. The van der Waals surface area contributed by atoms with Gasteiger partial charge < -0.3 is 20.3 Å². The number of ether oxygens (including phenoxy) is 1. The van der Waals surface area contributed by atoms with Gasteiger partial charge in [-0.1, -0.05) is 0 Å². The number of anilines is 3. The smallest absolute Gasteiger partial charge is 0.323 e. The zero-order valence-corrected chi connectivity index (χ0v) is 25.4. The van der Waals surface area contributed by atoms with Gasteiger partial charge in [-0.05, 0) is 57.9 Å². The van der Waals surface area contributed by atoms with E-state index in [0.717, 1.165) is 5.01 Å². The number of aryl methyl sites for hydroxylation is 3. The van der Waals surface area contributed by atoms with Crippen LogP contribution in [0.5, 0.6) is 0 Å². The van der Waals surface area contributed by atoms with E-state index in [2.05, 4.69) is 32.5 Å². The van der Waals surface area contributed by atoms with E-state index in [9.17, 15) is 13.2 Å². The van der Waals surface area contributed by atoms with Crippen LogP contribution in [-0.4, -0.2) is 65.0 Å². The first kappa shape index (κ1) is 28.2. The fourth-order valence-electron chi connectivity index (χ4n) is 5.21. The second-order valence-corrected chi connectivity index (χ2v) is 14.4. The van der Waals surface area contributed by atoms with Gasteiger partial charge in [0.05, 0.1) is 47.5 Å². The Morgan fingerprint density at radius 2 is 1.83 bits per heavy atom. The van der Waals surface area contributed by atoms with Gasteiger partial charge in [-0.3, -0.25) is 4.68 Å². The third-order valence-corrected chi connectivity index (χ3v) is 11.7. The van der Waals surface area contributed by atoms with Gasteiger partial charge in [-0.2, -0.15) is 5.10 Å². The Morgan fingerprint density at radius 3 is 2.45 bits per heavy atom. The lowest BCUT2D eigenvalue weighted by Gasteiger charge is -2.34. The number of amides is 2. The minimum atomic E-state index is -3.73. The summed E-state index contributed by atoms with van der Waals surface area (Å²) >= 11 is 1.21. The van der Waals surface area contributed by atoms with E-state index in [-0.39, 0.29) is 6.04 Å². The Hall–Kier alpha value is -3.88.